The van der Waals surface area contributed by atoms with Crippen LogP contribution in [0.4, 0.5) is 21.9 Å². The smallest absolute Gasteiger partial charge is 0.355 e. The third kappa shape index (κ3) is 3.89. The largest absolute Gasteiger partial charge is 0.476 e. The maximum atomic E-state index is 11.1. The molecular formula is C19H18N6O2S2. The Labute approximate surface area is 174 Å². The molecule has 3 heterocycles. The van der Waals surface area contributed by atoms with E-state index in [0.717, 1.165) is 26.5 Å². The van der Waals surface area contributed by atoms with E-state index in [1.165, 1.54) is 16.7 Å². The molecule has 0 bridgehead atoms. The average Bonchev–Trinajstić information content (AvgIpc) is 3.30. The minimum Gasteiger partial charge on any atom is -0.476 e. The molecule has 29 heavy (non-hydrogen) atoms. The lowest BCUT2D eigenvalue weighted by atomic mass is 9.99. The fourth-order valence-electron chi connectivity index (χ4n) is 3.01. The lowest BCUT2D eigenvalue weighted by molar-refractivity contribution is 0.0691. The second-order valence-electron chi connectivity index (χ2n) is 6.67. The SMILES string of the molecule is Cc1c(Nc2nc3ccccc3s2)nnc(Nc2nc(C(=O)O)cs2)c1C(C)C. The van der Waals surface area contributed by atoms with Gasteiger partial charge >= 0.3 is 5.97 Å². The van der Waals surface area contributed by atoms with E-state index in [1.54, 1.807) is 11.3 Å². The predicted octanol–water partition coefficient (Wildman–Crippen LogP) is 5.16. The molecule has 3 aromatic heterocycles. The molecule has 0 saturated carbocycles. The van der Waals surface area contributed by atoms with Gasteiger partial charge in [-0.2, -0.15) is 0 Å². The highest BCUT2D eigenvalue weighted by atomic mass is 32.1. The van der Waals surface area contributed by atoms with Crippen molar-refractivity contribution in [2.24, 2.45) is 0 Å². The summed E-state index contributed by atoms with van der Waals surface area (Å²) in [5.41, 5.74) is 2.87. The molecule has 0 aliphatic heterocycles. The second kappa shape index (κ2) is 7.72. The van der Waals surface area contributed by atoms with E-state index < -0.39 is 5.97 Å². The molecule has 0 spiro atoms. The Morgan fingerprint density at radius 2 is 1.79 bits per heavy atom. The van der Waals surface area contributed by atoms with Crippen molar-refractivity contribution in [1.29, 1.82) is 0 Å². The van der Waals surface area contributed by atoms with Crippen LogP contribution in [0.15, 0.2) is 29.6 Å². The second-order valence-corrected chi connectivity index (χ2v) is 8.56. The average molecular weight is 427 g/mol. The van der Waals surface area contributed by atoms with Gasteiger partial charge in [0.25, 0.3) is 0 Å². The Balaban J connectivity index is 1.65. The van der Waals surface area contributed by atoms with E-state index in [4.69, 9.17) is 5.11 Å². The molecule has 3 N–H and O–H groups in total. The van der Waals surface area contributed by atoms with Crippen LogP contribution in [0.1, 0.15) is 41.4 Å². The number of carboxylic acids is 1. The fraction of sp³-hybridized carbons (Fsp3) is 0.211. The van der Waals surface area contributed by atoms with Gasteiger partial charge in [0, 0.05) is 16.5 Å². The normalized spacial score (nSPS) is 11.2. The zero-order valence-electron chi connectivity index (χ0n) is 15.9. The van der Waals surface area contributed by atoms with Crippen LogP contribution in [0.5, 0.6) is 0 Å². The summed E-state index contributed by atoms with van der Waals surface area (Å²) < 4.78 is 1.10. The standard InChI is InChI=1S/C19H18N6O2S2/c1-9(2)14-10(3)15(22-19-20-11-6-4-5-7-13(11)29-19)24-25-16(14)23-18-21-12(8-28-18)17(26)27/h4-9H,1-3H3,(H,26,27)(H,20,22,24)(H,21,23,25). The van der Waals surface area contributed by atoms with Crippen LogP contribution in [0, 0.1) is 6.92 Å². The first-order chi connectivity index (χ1) is 13.9. The molecule has 10 heteroatoms. The number of aromatic nitrogens is 4. The van der Waals surface area contributed by atoms with Gasteiger partial charge in [0.1, 0.15) is 0 Å². The summed E-state index contributed by atoms with van der Waals surface area (Å²) in [5, 5.41) is 26.8. The first-order valence-corrected chi connectivity index (χ1v) is 10.6. The van der Waals surface area contributed by atoms with Crippen molar-refractivity contribution in [3.63, 3.8) is 0 Å². The summed E-state index contributed by atoms with van der Waals surface area (Å²) in [5.74, 6) is 0.321. The van der Waals surface area contributed by atoms with Crippen molar-refractivity contribution in [1.82, 2.24) is 20.2 Å². The number of anilines is 4. The number of hydrogen-bond donors (Lipinski definition) is 3. The van der Waals surface area contributed by atoms with Gasteiger partial charge in [-0.15, -0.1) is 21.5 Å². The number of nitrogens with one attached hydrogen (secondary N) is 2. The first kappa shape index (κ1) is 19.2. The van der Waals surface area contributed by atoms with E-state index in [9.17, 15) is 4.79 Å². The molecule has 0 aliphatic rings. The third-order valence-electron chi connectivity index (χ3n) is 4.31. The van der Waals surface area contributed by atoms with Crippen LogP contribution >= 0.6 is 22.7 Å². The number of thiazole rings is 2. The van der Waals surface area contributed by atoms with Crippen LogP contribution in [0.2, 0.25) is 0 Å². The van der Waals surface area contributed by atoms with Gasteiger partial charge < -0.3 is 15.7 Å². The van der Waals surface area contributed by atoms with Crippen LogP contribution < -0.4 is 10.6 Å². The maximum Gasteiger partial charge on any atom is 0.355 e. The number of rotatable bonds is 6. The van der Waals surface area contributed by atoms with Crippen LogP contribution in [0.3, 0.4) is 0 Å². The molecule has 4 rings (SSSR count). The van der Waals surface area contributed by atoms with Gasteiger partial charge in [-0.1, -0.05) is 37.3 Å². The zero-order valence-corrected chi connectivity index (χ0v) is 17.6. The maximum absolute atomic E-state index is 11.1. The molecule has 8 nitrogen and oxygen atoms in total. The summed E-state index contributed by atoms with van der Waals surface area (Å²) in [6.07, 6.45) is 0. The highest BCUT2D eigenvalue weighted by molar-refractivity contribution is 7.22. The van der Waals surface area contributed by atoms with Crippen molar-refractivity contribution in [3.05, 3.63) is 46.5 Å². The molecule has 0 unspecified atom stereocenters. The van der Waals surface area contributed by atoms with E-state index in [-0.39, 0.29) is 11.6 Å². The lowest BCUT2D eigenvalue weighted by Gasteiger charge is -2.17. The number of nitrogens with zero attached hydrogens (tertiary/aromatic N) is 4. The Morgan fingerprint density at radius 1 is 1.07 bits per heavy atom. The number of carboxylic acid groups (broad SMARTS) is 1. The van der Waals surface area contributed by atoms with Crippen LogP contribution in [-0.2, 0) is 0 Å². The van der Waals surface area contributed by atoms with Gasteiger partial charge in [-0.05, 0) is 25.0 Å². The Hall–Kier alpha value is -3.11. The van der Waals surface area contributed by atoms with Crippen molar-refractivity contribution in [2.45, 2.75) is 26.7 Å². The number of para-hydroxylation sites is 1. The van der Waals surface area contributed by atoms with Gasteiger partial charge in [-0.25, -0.2) is 14.8 Å². The first-order valence-electron chi connectivity index (χ1n) is 8.88. The summed E-state index contributed by atoms with van der Waals surface area (Å²) in [6.45, 7) is 6.12. The molecule has 1 aromatic carbocycles. The Morgan fingerprint density at radius 3 is 2.48 bits per heavy atom. The lowest BCUT2D eigenvalue weighted by Crippen LogP contribution is -2.09. The minimum atomic E-state index is -1.06. The van der Waals surface area contributed by atoms with E-state index in [1.807, 2.05) is 31.2 Å². The number of hydrogen-bond acceptors (Lipinski definition) is 9. The molecule has 0 saturated heterocycles. The van der Waals surface area contributed by atoms with Crippen LogP contribution in [0.25, 0.3) is 10.2 Å². The number of carbonyl (C=O) groups is 1. The summed E-state index contributed by atoms with van der Waals surface area (Å²) in [6, 6.07) is 7.95. The van der Waals surface area contributed by atoms with Crippen molar-refractivity contribution >= 4 is 60.8 Å². The summed E-state index contributed by atoms with van der Waals surface area (Å²) in [7, 11) is 0. The molecule has 0 radical (unpaired) electrons. The summed E-state index contributed by atoms with van der Waals surface area (Å²) >= 11 is 2.77. The van der Waals surface area contributed by atoms with Gasteiger partial charge in [0.2, 0.25) is 0 Å². The van der Waals surface area contributed by atoms with Gasteiger partial charge in [0.15, 0.2) is 27.6 Å². The molecule has 0 amide bonds. The molecule has 0 aliphatic carbocycles. The third-order valence-corrected chi connectivity index (χ3v) is 6.02. The van der Waals surface area contributed by atoms with Gasteiger partial charge in [-0.3, -0.25) is 0 Å². The fourth-order valence-corrected chi connectivity index (χ4v) is 4.56. The topological polar surface area (TPSA) is 113 Å². The minimum absolute atomic E-state index is 0.00222. The molecule has 4 aromatic rings. The number of fused-ring (bicyclic) bond motifs is 1. The number of benzene rings is 1. The van der Waals surface area contributed by atoms with Crippen LogP contribution in [-0.4, -0.2) is 31.2 Å². The molecule has 148 valence electrons. The molecule has 0 fully saturated rings. The zero-order chi connectivity index (χ0) is 20.5. The van der Waals surface area contributed by atoms with E-state index in [2.05, 4.69) is 44.6 Å². The number of aromatic carboxylic acids is 1. The Bertz CT molecular complexity index is 1170. The van der Waals surface area contributed by atoms with Crippen molar-refractivity contribution in [3.8, 4) is 0 Å². The highest BCUT2D eigenvalue weighted by Gasteiger charge is 2.19. The molecule has 0 atom stereocenters. The summed E-state index contributed by atoms with van der Waals surface area (Å²) in [4.78, 5) is 19.7. The van der Waals surface area contributed by atoms with Gasteiger partial charge in [0.05, 0.1) is 10.2 Å². The molecular weight excluding hydrogens is 408 g/mol. The Kier molecular flexibility index (Phi) is 5.12. The predicted molar refractivity (Wildman–Crippen MR) is 116 cm³/mol. The van der Waals surface area contributed by atoms with Crippen molar-refractivity contribution in [2.75, 3.05) is 10.6 Å². The quantitative estimate of drug-likeness (QED) is 0.387. The highest BCUT2D eigenvalue weighted by Crippen LogP contribution is 2.34. The monoisotopic (exact) mass is 426 g/mol. The van der Waals surface area contributed by atoms with Crippen molar-refractivity contribution < 1.29 is 9.90 Å². The van der Waals surface area contributed by atoms with E-state index in [0.29, 0.717) is 16.8 Å². The van der Waals surface area contributed by atoms with E-state index >= 15 is 0 Å².